The highest BCUT2D eigenvalue weighted by atomic mass is 15.1. The van der Waals surface area contributed by atoms with Gasteiger partial charge in [-0.25, -0.2) is 0 Å². The minimum atomic E-state index is -0.266. The second kappa shape index (κ2) is 16.1. The molecular formula is C64H51N. The molecule has 0 aliphatic heterocycles. The number of fused-ring (bicyclic) bond motifs is 4. The van der Waals surface area contributed by atoms with E-state index in [1.54, 1.807) is 0 Å². The fourth-order valence-electron chi connectivity index (χ4n) is 10.4. The Kier molecular flexibility index (Phi) is 9.93. The molecule has 65 heavy (non-hydrogen) atoms. The van der Waals surface area contributed by atoms with Gasteiger partial charge in [0.2, 0.25) is 0 Å². The predicted octanol–water partition coefficient (Wildman–Crippen LogP) is 17.6. The molecular weight excluding hydrogens is 783 g/mol. The molecule has 312 valence electrons. The van der Waals surface area contributed by atoms with Gasteiger partial charge in [-0.15, -0.1) is 0 Å². The van der Waals surface area contributed by atoms with E-state index in [0.717, 1.165) is 17.1 Å². The summed E-state index contributed by atoms with van der Waals surface area (Å²) in [6.45, 7) is 9.31. The summed E-state index contributed by atoms with van der Waals surface area (Å²) in [5.41, 5.74) is 20.5. The normalized spacial score (nSPS) is 14.2. The van der Waals surface area contributed by atoms with Crippen LogP contribution in [0.25, 0.3) is 66.4 Å². The Morgan fingerprint density at radius 3 is 1.58 bits per heavy atom. The Labute approximate surface area is 384 Å². The Bertz CT molecular complexity index is 3340. The molecule has 0 saturated heterocycles. The Morgan fingerprint density at radius 2 is 0.892 bits per heavy atom. The fraction of sp³-hybridized carbons (Fsp3) is 0.0938. The molecule has 1 aliphatic rings. The maximum atomic E-state index is 2.51. The van der Waals surface area contributed by atoms with Crippen molar-refractivity contribution in [2.24, 2.45) is 0 Å². The summed E-state index contributed by atoms with van der Waals surface area (Å²) in [4.78, 5) is 2.51. The van der Waals surface area contributed by atoms with E-state index in [4.69, 9.17) is 0 Å². The molecule has 0 aromatic heterocycles. The zero-order valence-electron chi connectivity index (χ0n) is 37.5. The van der Waals surface area contributed by atoms with Crippen molar-refractivity contribution in [3.8, 4) is 55.6 Å². The van der Waals surface area contributed by atoms with Crippen LogP contribution in [0.4, 0.5) is 17.1 Å². The van der Waals surface area contributed by atoms with Gasteiger partial charge in [0.15, 0.2) is 0 Å². The summed E-state index contributed by atoms with van der Waals surface area (Å²) in [5.74, 6) is 0. The maximum Gasteiger partial charge on any atom is 0.0543 e. The average molecular weight is 834 g/mol. The molecule has 0 N–H and O–H groups in total. The van der Waals surface area contributed by atoms with E-state index in [0.29, 0.717) is 0 Å². The van der Waals surface area contributed by atoms with Crippen LogP contribution in [-0.4, -0.2) is 0 Å². The van der Waals surface area contributed by atoms with E-state index < -0.39 is 0 Å². The number of para-hydroxylation sites is 1. The van der Waals surface area contributed by atoms with Crippen molar-refractivity contribution in [2.45, 2.75) is 38.5 Å². The van der Waals surface area contributed by atoms with Crippen LogP contribution in [0.3, 0.4) is 0 Å². The van der Waals surface area contributed by atoms with E-state index in [9.17, 15) is 0 Å². The van der Waals surface area contributed by atoms with Crippen molar-refractivity contribution in [3.63, 3.8) is 0 Å². The standard InChI is InChI=1S/C64H51N/c1-63(2,3)49-39-42-51(44-21-8-5-9-22-44)60(43-49)65(59-36-17-15-29-54(59)55-33-19-26-47-25-18-31-52(61(47)55)45-23-10-6-11-24-45)50-40-37-46(38-41-50)53-32-20-35-58-62(53)56-30-14-16-34-57(56)64(58,4)48-27-12-7-13-28-48/h5-43H,1-4H3. The van der Waals surface area contributed by atoms with Gasteiger partial charge in [0, 0.05) is 22.2 Å². The van der Waals surface area contributed by atoms with Gasteiger partial charge in [-0.05, 0) is 114 Å². The zero-order chi connectivity index (χ0) is 44.1. The van der Waals surface area contributed by atoms with Crippen LogP contribution >= 0.6 is 0 Å². The zero-order valence-corrected chi connectivity index (χ0v) is 37.5. The second-order valence-corrected chi connectivity index (χ2v) is 18.6. The summed E-state index contributed by atoms with van der Waals surface area (Å²) in [5, 5.41) is 2.46. The fourth-order valence-corrected chi connectivity index (χ4v) is 10.4. The third-order valence-corrected chi connectivity index (χ3v) is 13.7. The number of rotatable bonds is 8. The predicted molar refractivity (Wildman–Crippen MR) is 277 cm³/mol. The van der Waals surface area contributed by atoms with E-state index >= 15 is 0 Å². The van der Waals surface area contributed by atoms with Gasteiger partial charge in [0.25, 0.3) is 0 Å². The average Bonchev–Trinajstić information content (AvgIpc) is 3.63. The summed E-state index contributed by atoms with van der Waals surface area (Å²) >= 11 is 0. The lowest BCUT2D eigenvalue weighted by Gasteiger charge is -2.32. The van der Waals surface area contributed by atoms with E-state index in [1.807, 2.05) is 0 Å². The molecule has 1 heteroatoms. The molecule has 11 rings (SSSR count). The number of hydrogen-bond donors (Lipinski definition) is 0. The largest absolute Gasteiger partial charge is 0.309 e. The molecule has 1 unspecified atom stereocenters. The smallest absolute Gasteiger partial charge is 0.0543 e. The van der Waals surface area contributed by atoms with Gasteiger partial charge >= 0.3 is 0 Å². The first-order valence-electron chi connectivity index (χ1n) is 22.8. The topological polar surface area (TPSA) is 3.24 Å². The Balaban J connectivity index is 1.14. The van der Waals surface area contributed by atoms with E-state index in [-0.39, 0.29) is 10.8 Å². The molecule has 0 saturated carbocycles. The van der Waals surface area contributed by atoms with Gasteiger partial charge in [0.1, 0.15) is 0 Å². The molecule has 0 heterocycles. The highest BCUT2D eigenvalue weighted by molar-refractivity contribution is 6.09. The van der Waals surface area contributed by atoms with Crippen molar-refractivity contribution < 1.29 is 0 Å². The number of nitrogens with zero attached hydrogens (tertiary/aromatic N) is 1. The first-order valence-corrected chi connectivity index (χ1v) is 22.8. The first-order chi connectivity index (χ1) is 31.8. The van der Waals surface area contributed by atoms with Crippen LogP contribution in [0.15, 0.2) is 237 Å². The molecule has 10 aromatic carbocycles. The molecule has 0 bridgehead atoms. The molecule has 1 nitrogen and oxygen atoms in total. The van der Waals surface area contributed by atoms with Crippen LogP contribution in [0.5, 0.6) is 0 Å². The number of hydrogen-bond acceptors (Lipinski definition) is 1. The molecule has 0 fully saturated rings. The lowest BCUT2D eigenvalue weighted by atomic mass is 9.74. The van der Waals surface area contributed by atoms with Crippen molar-refractivity contribution in [1.29, 1.82) is 0 Å². The minimum Gasteiger partial charge on any atom is -0.309 e. The van der Waals surface area contributed by atoms with Crippen LogP contribution < -0.4 is 4.90 Å². The van der Waals surface area contributed by atoms with Crippen LogP contribution in [-0.2, 0) is 10.8 Å². The third kappa shape index (κ3) is 6.87. The van der Waals surface area contributed by atoms with Gasteiger partial charge in [-0.1, -0.05) is 233 Å². The van der Waals surface area contributed by atoms with Crippen molar-refractivity contribution in [3.05, 3.63) is 259 Å². The van der Waals surface area contributed by atoms with Crippen LogP contribution in [0, 0.1) is 0 Å². The van der Waals surface area contributed by atoms with Gasteiger partial charge in [-0.3, -0.25) is 0 Å². The number of anilines is 3. The van der Waals surface area contributed by atoms with Crippen LogP contribution in [0.2, 0.25) is 0 Å². The molecule has 10 aromatic rings. The lowest BCUT2D eigenvalue weighted by Crippen LogP contribution is -2.22. The second-order valence-electron chi connectivity index (χ2n) is 18.6. The van der Waals surface area contributed by atoms with Crippen molar-refractivity contribution in [2.75, 3.05) is 4.90 Å². The van der Waals surface area contributed by atoms with Gasteiger partial charge in [-0.2, -0.15) is 0 Å². The van der Waals surface area contributed by atoms with Crippen LogP contribution in [0.1, 0.15) is 49.9 Å². The lowest BCUT2D eigenvalue weighted by molar-refractivity contribution is 0.590. The molecule has 0 radical (unpaired) electrons. The van der Waals surface area contributed by atoms with Crippen molar-refractivity contribution >= 4 is 27.8 Å². The summed E-state index contributed by atoms with van der Waals surface area (Å²) in [7, 11) is 0. The molecule has 0 amide bonds. The SMILES string of the molecule is CC(C)(C)c1ccc(-c2ccccc2)c(N(c2ccc(-c3cccc4c3-c3ccccc3C4(C)c3ccccc3)cc2)c2ccccc2-c2cccc3cccc(-c4ccccc4)c23)c1. The first kappa shape index (κ1) is 40.1. The van der Waals surface area contributed by atoms with E-state index in [2.05, 4.69) is 269 Å². The number of benzene rings is 10. The molecule has 0 spiro atoms. The van der Waals surface area contributed by atoms with Gasteiger partial charge < -0.3 is 4.90 Å². The Hall–Kier alpha value is -7.74. The maximum absolute atomic E-state index is 2.51. The third-order valence-electron chi connectivity index (χ3n) is 13.7. The highest BCUT2D eigenvalue weighted by Crippen LogP contribution is 2.55. The quantitative estimate of drug-likeness (QED) is 0.147. The minimum absolute atomic E-state index is 0.0720. The van der Waals surface area contributed by atoms with Gasteiger partial charge in [0.05, 0.1) is 11.4 Å². The monoisotopic (exact) mass is 833 g/mol. The van der Waals surface area contributed by atoms with Crippen molar-refractivity contribution in [1.82, 2.24) is 0 Å². The summed E-state index contributed by atoms with van der Waals surface area (Å²) in [6.07, 6.45) is 0. The van der Waals surface area contributed by atoms with E-state index in [1.165, 1.54) is 88.7 Å². The summed E-state index contributed by atoms with van der Waals surface area (Å²) < 4.78 is 0. The summed E-state index contributed by atoms with van der Waals surface area (Å²) in [6, 6.07) is 87.4. The highest BCUT2D eigenvalue weighted by Gasteiger charge is 2.41. The molecule has 1 atom stereocenters. The Morgan fingerprint density at radius 1 is 0.369 bits per heavy atom. The molecule has 1 aliphatic carbocycles.